The van der Waals surface area contributed by atoms with Crippen LogP contribution >= 0.6 is 0 Å². The molecular formula is C26H35N7O4. The van der Waals surface area contributed by atoms with E-state index in [1.807, 2.05) is 18.2 Å². The third kappa shape index (κ3) is 5.36. The van der Waals surface area contributed by atoms with Crippen molar-refractivity contribution in [3.8, 4) is 0 Å². The molecule has 1 aliphatic rings. The molecule has 1 saturated heterocycles. The molecule has 11 nitrogen and oxygen atoms in total. The van der Waals surface area contributed by atoms with E-state index in [1.54, 1.807) is 11.9 Å². The number of carbonyl (C=O) groups excluding carboxylic acids is 2. The highest BCUT2D eigenvalue weighted by molar-refractivity contribution is 5.94. The maximum absolute atomic E-state index is 13.1. The number of fused-ring (bicyclic) bond motifs is 1. The molecule has 1 fully saturated rings. The van der Waals surface area contributed by atoms with Gasteiger partial charge in [0.25, 0.3) is 5.56 Å². The summed E-state index contributed by atoms with van der Waals surface area (Å²) in [4.78, 5) is 58.9. The number of aryl methyl sites for hydroxylation is 3. The number of hydrogen-bond acceptors (Lipinski definition) is 6. The summed E-state index contributed by atoms with van der Waals surface area (Å²) in [7, 11) is 2.96. The van der Waals surface area contributed by atoms with Crippen LogP contribution < -0.4 is 16.6 Å². The number of aromatic nitrogens is 4. The Bertz CT molecular complexity index is 1410. The Kier molecular flexibility index (Phi) is 7.91. The molecule has 2 aromatic heterocycles. The highest BCUT2D eigenvalue weighted by Crippen LogP contribution is 2.22. The zero-order valence-electron chi connectivity index (χ0n) is 22.0. The second-order valence-electron chi connectivity index (χ2n) is 9.47. The van der Waals surface area contributed by atoms with Crippen molar-refractivity contribution < 1.29 is 9.59 Å². The Morgan fingerprint density at radius 3 is 2.32 bits per heavy atom. The first-order chi connectivity index (χ1) is 17.7. The van der Waals surface area contributed by atoms with Crippen LogP contribution in [0.25, 0.3) is 11.2 Å². The molecule has 0 unspecified atom stereocenters. The van der Waals surface area contributed by atoms with Gasteiger partial charge in [0, 0.05) is 46.0 Å². The van der Waals surface area contributed by atoms with Gasteiger partial charge in [-0.15, -0.1) is 0 Å². The van der Waals surface area contributed by atoms with Gasteiger partial charge < -0.3 is 14.8 Å². The summed E-state index contributed by atoms with van der Waals surface area (Å²) < 4.78 is 3.82. The fourth-order valence-corrected chi connectivity index (χ4v) is 4.93. The van der Waals surface area contributed by atoms with E-state index in [1.165, 1.54) is 22.5 Å². The van der Waals surface area contributed by atoms with Gasteiger partial charge in [-0.2, -0.15) is 0 Å². The topological polar surface area (TPSA) is 114 Å². The highest BCUT2D eigenvalue weighted by Gasteiger charge is 2.23. The van der Waals surface area contributed by atoms with Crippen molar-refractivity contribution in [2.24, 2.45) is 14.1 Å². The molecule has 0 bridgehead atoms. The van der Waals surface area contributed by atoms with Crippen molar-refractivity contribution in [3.63, 3.8) is 0 Å². The van der Waals surface area contributed by atoms with Crippen molar-refractivity contribution in [2.45, 2.75) is 39.7 Å². The molecular weight excluding hydrogens is 474 g/mol. The van der Waals surface area contributed by atoms with Crippen LogP contribution in [0.3, 0.4) is 0 Å². The number of hydrogen-bond donors (Lipinski definition) is 1. The lowest BCUT2D eigenvalue weighted by molar-refractivity contribution is -0.131. The van der Waals surface area contributed by atoms with Gasteiger partial charge in [-0.1, -0.05) is 32.0 Å². The molecule has 37 heavy (non-hydrogen) atoms. The monoisotopic (exact) mass is 509 g/mol. The van der Waals surface area contributed by atoms with Gasteiger partial charge >= 0.3 is 5.69 Å². The van der Waals surface area contributed by atoms with Crippen LogP contribution in [-0.4, -0.2) is 73.0 Å². The Balaban J connectivity index is 1.39. The average Bonchev–Trinajstić information content (AvgIpc) is 3.16. The van der Waals surface area contributed by atoms with Crippen molar-refractivity contribution in [1.29, 1.82) is 0 Å². The van der Waals surface area contributed by atoms with Crippen LogP contribution in [0.5, 0.6) is 0 Å². The van der Waals surface area contributed by atoms with Gasteiger partial charge in [0.15, 0.2) is 11.2 Å². The van der Waals surface area contributed by atoms with E-state index < -0.39 is 11.2 Å². The first-order valence-corrected chi connectivity index (χ1v) is 12.8. The van der Waals surface area contributed by atoms with Crippen molar-refractivity contribution in [2.75, 3.05) is 38.0 Å². The molecule has 1 aromatic carbocycles. The molecule has 0 atom stereocenters. The van der Waals surface area contributed by atoms with Crippen LogP contribution in [0.4, 0.5) is 5.69 Å². The van der Waals surface area contributed by atoms with E-state index in [0.717, 1.165) is 40.6 Å². The van der Waals surface area contributed by atoms with Crippen molar-refractivity contribution >= 4 is 28.7 Å². The van der Waals surface area contributed by atoms with E-state index in [2.05, 4.69) is 29.0 Å². The zero-order valence-corrected chi connectivity index (χ0v) is 22.0. The molecule has 3 aromatic rings. The molecule has 1 N–H and O–H groups in total. The lowest BCUT2D eigenvalue weighted by Crippen LogP contribution is -2.40. The first-order valence-electron chi connectivity index (χ1n) is 12.8. The second kappa shape index (κ2) is 11.1. The molecule has 0 aliphatic carbocycles. The molecule has 2 amide bonds. The summed E-state index contributed by atoms with van der Waals surface area (Å²) in [6.45, 7) is 6.73. The Morgan fingerprint density at radius 2 is 1.65 bits per heavy atom. The summed E-state index contributed by atoms with van der Waals surface area (Å²) in [5.41, 5.74) is 2.71. The second-order valence-corrected chi connectivity index (χ2v) is 9.47. The standard InChI is InChI=1S/C26H35N7O4/c1-5-18-9-7-10-19(6-2)22(18)28-20(34)15-31-11-8-12-32(14-13-31)21(35)16-33-17-27-24-23(33)25(36)30(4)26(37)29(24)3/h7,9-10,17H,5-6,8,11-16H2,1-4H3,(H,28,34). The van der Waals surface area contributed by atoms with Crippen molar-refractivity contribution in [3.05, 3.63) is 56.5 Å². The number of benzene rings is 1. The van der Waals surface area contributed by atoms with E-state index in [-0.39, 0.29) is 36.1 Å². The Morgan fingerprint density at radius 1 is 0.946 bits per heavy atom. The number of imidazole rings is 1. The third-order valence-corrected chi connectivity index (χ3v) is 7.09. The molecule has 1 aliphatic heterocycles. The van der Waals surface area contributed by atoms with Crippen LogP contribution in [0, 0.1) is 0 Å². The lowest BCUT2D eigenvalue weighted by Gasteiger charge is -2.22. The predicted molar refractivity (Wildman–Crippen MR) is 142 cm³/mol. The van der Waals surface area contributed by atoms with Gasteiger partial charge in [0.05, 0.1) is 12.9 Å². The van der Waals surface area contributed by atoms with Crippen LogP contribution in [-0.2, 0) is 43.1 Å². The third-order valence-electron chi connectivity index (χ3n) is 7.09. The van der Waals surface area contributed by atoms with Gasteiger partial charge in [0.1, 0.15) is 6.54 Å². The number of para-hydroxylation sites is 1. The zero-order chi connectivity index (χ0) is 26.7. The Hall–Kier alpha value is -3.73. The molecule has 198 valence electrons. The summed E-state index contributed by atoms with van der Waals surface area (Å²) in [6, 6.07) is 6.12. The SMILES string of the molecule is CCc1cccc(CC)c1NC(=O)CN1CCCN(C(=O)Cn2cnc3c2c(=O)n(C)c(=O)n3C)CC1. The molecule has 11 heteroatoms. The minimum absolute atomic E-state index is 0.0436. The minimum Gasteiger partial charge on any atom is -0.340 e. The Labute approximate surface area is 215 Å². The highest BCUT2D eigenvalue weighted by atomic mass is 16.2. The maximum atomic E-state index is 13.1. The van der Waals surface area contributed by atoms with Crippen LogP contribution in [0.15, 0.2) is 34.1 Å². The number of rotatable bonds is 7. The fourth-order valence-electron chi connectivity index (χ4n) is 4.93. The summed E-state index contributed by atoms with van der Waals surface area (Å²) in [5.74, 6) is -0.187. The molecule has 3 heterocycles. The van der Waals surface area contributed by atoms with E-state index in [4.69, 9.17) is 0 Å². The van der Waals surface area contributed by atoms with Crippen LogP contribution in [0.1, 0.15) is 31.4 Å². The van der Waals surface area contributed by atoms with Crippen LogP contribution in [0.2, 0.25) is 0 Å². The summed E-state index contributed by atoms with van der Waals surface area (Å²) in [5, 5.41) is 3.12. The lowest BCUT2D eigenvalue weighted by atomic mass is 10.0. The average molecular weight is 510 g/mol. The molecule has 0 radical (unpaired) electrons. The smallest absolute Gasteiger partial charge is 0.332 e. The van der Waals surface area contributed by atoms with E-state index >= 15 is 0 Å². The van der Waals surface area contributed by atoms with Gasteiger partial charge in [0.2, 0.25) is 11.8 Å². The first kappa shape index (κ1) is 26.3. The molecule has 0 spiro atoms. The maximum Gasteiger partial charge on any atom is 0.332 e. The quantitative estimate of drug-likeness (QED) is 0.502. The van der Waals surface area contributed by atoms with Gasteiger partial charge in [-0.3, -0.25) is 28.4 Å². The molecule has 0 saturated carbocycles. The normalized spacial score (nSPS) is 14.6. The summed E-state index contributed by atoms with van der Waals surface area (Å²) >= 11 is 0. The number of anilines is 1. The minimum atomic E-state index is -0.479. The number of amides is 2. The van der Waals surface area contributed by atoms with Gasteiger partial charge in [-0.05, 0) is 30.4 Å². The van der Waals surface area contributed by atoms with E-state index in [9.17, 15) is 19.2 Å². The summed E-state index contributed by atoms with van der Waals surface area (Å²) in [6.07, 6.45) is 3.86. The largest absolute Gasteiger partial charge is 0.340 e. The predicted octanol–water partition coefficient (Wildman–Crippen LogP) is 0.732. The number of nitrogens with one attached hydrogen (secondary N) is 1. The number of nitrogens with zero attached hydrogens (tertiary/aromatic N) is 6. The fraction of sp³-hybridized carbons (Fsp3) is 0.500. The van der Waals surface area contributed by atoms with Gasteiger partial charge in [-0.25, -0.2) is 9.78 Å². The van der Waals surface area contributed by atoms with E-state index in [0.29, 0.717) is 26.2 Å². The van der Waals surface area contributed by atoms with Crippen molar-refractivity contribution in [1.82, 2.24) is 28.5 Å². The molecule has 4 rings (SSSR count). The number of carbonyl (C=O) groups is 2.